The van der Waals surface area contributed by atoms with E-state index in [4.69, 9.17) is 0 Å². The first-order valence-corrected chi connectivity index (χ1v) is 8.88. The zero-order chi connectivity index (χ0) is 15.6. The Morgan fingerprint density at radius 1 is 1.05 bits per heavy atom. The molecular formula is C16H22N2O3S. The average molecular weight is 322 g/mol. The fourth-order valence-corrected chi connectivity index (χ4v) is 3.99. The predicted octanol–water partition coefficient (Wildman–Crippen LogP) is 1.73. The van der Waals surface area contributed by atoms with Crippen molar-refractivity contribution >= 4 is 23.2 Å². The van der Waals surface area contributed by atoms with Gasteiger partial charge in [0.25, 0.3) is 11.8 Å². The van der Waals surface area contributed by atoms with Crippen LogP contribution >= 0.6 is 11.3 Å². The number of hydrogen-bond donors (Lipinski definition) is 1. The molecule has 2 aliphatic rings. The van der Waals surface area contributed by atoms with Crippen molar-refractivity contribution in [1.82, 2.24) is 9.80 Å². The van der Waals surface area contributed by atoms with Crippen LogP contribution in [0.2, 0.25) is 0 Å². The van der Waals surface area contributed by atoms with Crippen molar-refractivity contribution in [2.75, 3.05) is 26.2 Å². The Kier molecular flexibility index (Phi) is 4.49. The van der Waals surface area contributed by atoms with Gasteiger partial charge in [0, 0.05) is 31.6 Å². The molecule has 1 aromatic heterocycles. The number of carbonyl (C=O) groups excluding carboxylic acids is 2. The van der Waals surface area contributed by atoms with Crippen LogP contribution in [0.1, 0.15) is 42.5 Å². The van der Waals surface area contributed by atoms with E-state index in [0.29, 0.717) is 39.0 Å². The number of hydrogen-bond acceptors (Lipinski definition) is 4. The SMILES string of the molecule is O=C(c1ccsc1)N1CCCN(C(=O)C2(O)CCCC2)CC1. The number of aliphatic hydroxyl groups is 1. The summed E-state index contributed by atoms with van der Waals surface area (Å²) in [6, 6.07) is 1.84. The van der Waals surface area contributed by atoms with Gasteiger partial charge in [-0.1, -0.05) is 0 Å². The van der Waals surface area contributed by atoms with Crippen LogP contribution in [0.15, 0.2) is 16.8 Å². The Morgan fingerprint density at radius 2 is 1.73 bits per heavy atom. The monoisotopic (exact) mass is 322 g/mol. The largest absolute Gasteiger partial charge is 0.380 e. The zero-order valence-corrected chi connectivity index (χ0v) is 13.5. The molecule has 1 aromatic rings. The van der Waals surface area contributed by atoms with E-state index in [0.717, 1.165) is 24.8 Å². The average Bonchev–Trinajstić information content (AvgIpc) is 3.14. The molecule has 0 radical (unpaired) electrons. The molecule has 0 unspecified atom stereocenters. The molecule has 0 bridgehead atoms. The van der Waals surface area contributed by atoms with Crippen LogP contribution in [0.25, 0.3) is 0 Å². The van der Waals surface area contributed by atoms with E-state index in [9.17, 15) is 14.7 Å². The van der Waals surface area contributed by atoms with Crippen molar-refractivity contribution in [1.29, 1.82) is 0 Å². The van der Waals surface area contributed by atoms with Gasteiger partial charge < -0.3 is 14.9 Å². The molecule has 5 nitrogen and oxygen atoms in total. The summed E-state index contributed by atoms with van der Waals surface area (Å²) in [4.78, 5) is 28.5. The molecule has 3 rings (SSSR count). The fraction of sp³-hybridized carbons (Fsp3) is 0.625. The highest BCUT2D eigenvalue weighted by Gasteiger charge is 2.41. The molecule has 2 fully saturated rings. The molecule has 22 heavy (non-hydrogen) atoms. The highest BCUT2D eigenvalue weighted by atomic mass is 32.1. The lowest BCUT2D eigenvalue weighted by Gasteiger charge is -2.29. The highest BCUT2D eigenvalue weighted by molar-refractivity contribution is 7.08. The molecule has 2 amide bonds. The van der Waals surface area contributed by atoms with Crippen molar-refractivity contribution in [3.63, 3.8) is 0 Å². The number of carbonyl (C=O) groups is 2. The number of rotatable bonds is 2. The molecule has 1 saturated heterocycles. The van der Waals surface area contributed by atoms with Gasteiger partial charge in [-0.15, -0.1) is 0 Å². The minimum atomic E-state index is -1.16. The summed E-state index contributed by atoms with van der Waals surface area (Å²) in [5.41, 5.74) is -0.439. The maximum atomic E-state index is 12.6. The number of amides is 2. The van der Waals surface area contributed by atoms with Gasteiger partial charge >= 0.3 is 0 Å². The maximum Gasteiger partial charge on any atom is 0.254 e. The third kappa shape index (κ3) is 3.03. The third-order valence-electron chi connectivity index (χ3n) is 4.67. The second kappa shape index (κ2) is 6.38. The lowest BCUT2D eigenvalue weighted by Crippen LogP contribution is -2.48. The summed E-state index contributed by atoms with van der Waals surface area (Å²) in [6.07, 6.45) is 3.73. The molecule has 120 valence electrons. The standard InChI is InChI=1S/C16H22N2O3S/c19-14(13-4-11-22-12-13)17-7-3-8-18(10-9-17)15(20)16(21)5-1-2-6-16/h4,11-12,21H,1-3,5-10H2. The summed E-state index contributed by atoms with van der Waals surface area (Å²) in [5.74, 6) is -0.107. The minimum Gasteiger partial charge on any atom is -0.380 e. The van der Waals surface area contributed by atoms with E-state index in [1.54, 1.807) is 4.90 Å². The Morgan fingerprint density at radius 3 is 2.41 bits per heavy atom. The van der Waals surface area contributed by atoms with Gasteiger partial charge in [0.15, 0.2) is 0 Å². The van der Waals surface area contributed by atoms with Crippen molar-refractivity contribution in [2.45, 2.75) is 37.7 Å². The third-order valence-corrected chi connectivity index (χ3v) is 5.35. The van der Waals surface area contributed by atoms with Gasteiger partial charge in [-0.25, -0.2) is 0 Å². The topological polar surface area (TPSA) is 60.9 Å². The second-order valence-corrected chi connectivity index (χ2v) is 6.97. The quantitative estimate of drug-likeness (QED) is 0.902. The molecule has 2 heterocycles. The van der Waals surface area contributed by atoms with Crippen molar-refractivity contribution in [2.24, 2.45) is 0 Å². The van der Waals surface area contributed by atoms with E-state index in [1.165, 1.54) is 11.3 Å². The van der Waals surface area contributed by atoms with Crippen LogP contribution in [0.4, 0.5) is 0 Å². The maximum absolute atomic E-state index is 12.6. The van der Waals surface area contributed by atoms with E-state index in [-0.39, 0.29) is 11.8 Å². The predicted molar refractivity (Wildman–Crippen MR) is 84.8 cm³/mol. The molecule has 0 spiro atoms. The van der Waals surface area contributed by atoms with Crippen molar-refractivity contribution in [3.05, 3.63) is 22.4 Å². The summed E-state index contributed by atoms with van der Waals surface area (Å²) in [5, 5.41) is 14.2. The van der Waals surface area contributed by atoms with Crippen molar-refractivity contribution in [3.8, 4) is 0 Å². The number of nitrogens with zero attached hydrogens (tertiary/aromatic N) is 2. The first kappa shape index (κ1) is 15.5. The molecule has 0 aromatic carbocycles. The smallest absolute Gasteiger partial charge is 0.254 e. The molecule has 1 N–H and O–H groups in total. The molecule has 6 heteroatoms. The Labute approximate surface area is 134 Å². The van der Waals surface area contributed by atoms with Crippen LogP contribution in [0, 0.1) is 0 Å². The van der Waals surface area contributed by atoms with Crippen LogP contribution in [-0.4, -0.2) is 58.5 Å². The molecule has 1 aliphatic carbocycles. The van der Waals surface area contributed by atoms with Gasteiger partial charge in [0.2, 0.25) is 0 Å². The summed E-state index contributed by atoms with van der Waals surface area (Å²) >= 11 is 1.51. The van der Waals surface area contributed by atoms with Gasteiger partial charge in [0.1, 0.15) is 5.60 Å². The van der Waals surface area contributed by atoms with Crippen LogP contribution in [0.5, 0.6) is 0 Å². The lowest BCUT2D eigenvalue weighted by molar-refractivity contribution is -0.150. The summed E-state index contributed by atoms with van der Waals surface area (Å²) < 4.78 is 0. The van der Waals surface area contributed by atoms with Crippen LogP contribution < -0.4 is 0 Å². The van der Waals surface area contributed by atoms with Crippen LogP contribution in [0.3, 0.4) is 0 Å². The van der Waals surface area contributed by atoms with E-state index in [1.807, 2.05) is 21.7 Å². The van der Waals surface area contributed by atoms with Gasteiger partial charge in [-0.3, -0.25) is 9.59 Å². The first-order chi connectivity index (χ1) is 10.6. The number of thiophene rings is 1. The zero-order valence-electron chi connectivity index (χ0n) is 12.7. The van der Waals surface area contributed by atoms with Crippen LogP contribution in [-0.2, 0) is 4.79 Å². The van der Waals surface area contributed by atoms with Crippen molar-refractivity contribution < 1.29 is 14.7 Å². The van der Waals surface area contributed by atoms with E-state index < -0.39 is 5.60 Å². The Balaban J connectivity index is 1.62. The molecule has 1 aliphatic heterocycles. The normalized spacial score (nSPS) is 21.7. The Hall–Kier alpha value is -1.40. The van der Waals surface area contributed by atoms with Gasteiger partial charge in [-0.2, -0.15) is 11.3 Å². The second-order valence-electron chi connectivity index (χ2n) is 6.19. The lowest BCUT2D eigenvalue weighted by atomic mass is 10.0. The summed E-state index contributed by atoms with van der Waals surface area (Å²) in [6.45, 7) is 2.33. The molecular weight excluding hydrogens is 300 g/mol. The highest BCUT2D eigenvalue weighted by Crippen LogP contribution is 2.31. The Bertz CT molecular complexity index is 538. The van der Waals surface area contributed by atoms with Gasteiger partial charge in [0.05, 0.1) is 5.56 Å². The van der Waals surface area contributed by atoms with Gasteiger partial charge in [-0.05, 0) is 43.6 Å². The van der Waals surface area contributed by atoms with E-state index >= 15 is 0 Å². The first-order valence-electron chi connectivity index (χ1n) is 7.93. The summed E-state index contributed by atoms with van der Waals surface area (Å²) in [7, 11) is 0. The fourth-order valence-electron chi connectivity index (χ4n) is 3.36. The minimum absolute atomic E-state index is 0.0372. The van der Waals surface area contributed by atoms with E-state index in [2.05, 4.69) is 0 Å². The molecule has 1 saturated carbocycles. The molecule has 0 atom stereocenters.